The number of benzene rings is 1. The summed E-state index contributed by atoms with van der Waals surface area (Å²) in [6, 6.07) is 7.61. The fourth-order valence-electron chi connectivity index (χ4n) is 1.16. The molecule has 0 saturated carbocycles. The van der Waals surface area contributed by atoms with Crippen molar-refractivity contribution in [1.29, 1.82) is 0 Å². The molecule has 0 aliphatic carbocycles. The summed E-state index contributed by atoms with van der Waals surface area (Å²) >= 11 is 0. The van der Waals surface area contributed by atoms with Gasteiger partial charge in [-0.3, -0.25) is 0 Å². The molecule has 3 heteroatoms. The molecule has 3 nitrogen and oxygen atoms in total. The summed E-state index contributed by atoms with van der Waals surface area (Å²) in [4.78, 5) is 0. The van der Waals surface area contributed by atoms with Gasteiger partial charge in [0.15, 0.2) is 11.5 Å². The van der Waals surface area contributed by atoms with Gasteiger partial charge in [0.1, 0.15) is 0 Å². The van der Waals surface area contributed by atoms with Gasteiger partial charge in [0.05, 0.1) is 0 Å². The maximum absolute atomic E-state index is 5.51. The van der Waals surface area contributed by atoms with Crippen molar-refractivity contribution in [2.45, 2.75) is 12.8 Å². The molecule has 2 rings (SSSR count). The quantitative estimate of drug-likeness (QED) is 0.681. The summed E-state index contributed by atoms with van der Waals surface area (Å²) in [6.45, 7) is 1.84. The zero-order valence-corrected chi connectivity index (χ0v) is 7.13. The molecular weight excluding hydrogens is 154 g/mol. The van der Waals surface area contributed by atoms with Crippen LogP contribution in [0.4, 0.5) is 0 Å². The molecule has 1 aromatic carbocycles. The number of hydrogen-bond donors (Lipinski definition) is 1. The van der Waals surface area contributed by atoms with E-state index in [9.17, 15) is 0 Å². The molecular formula is C9H11NO2. The number of nitrogens with one attached hydrogen (secondary N) is 1. The standard InChI is InChI=1S/C9H11NO2/c1-9(10-2)11-7-5-3-4-6-8(7)12-9/h3-6,10H,1-2H3. The Morgan fingerprint density at radius 1 is 1.17 bits per heavy atom. The van der Waals surface area contributed by atoms with Crippen LogP contribution in [0.2, 0.25) is 0 Å². The first kappa shape index (κ1) is 7.43. The van der Waals surface area contributed by atoms with Crippen molar-refractivity contribution in [2.24, 2.45) is 0 Å². The third kappa shape index (κ3) is 1.02. The van der Waals surface area contributed by atoms with Crippen LogP contribution in [0.3, 0.4) is 0 Å². The van der Waals surface area contributed by atoms with Crippen LogP contribution >= 0.6 is 0 Å². The Bertz CT molecular complexity index is 273. The van der Waals surface area contributed by atoms with Gasteiger partial charge in [-0.2, -0.15) is 0 Å². The Hall–Kier alpha value is -1.22. The molecule has 12 heavy (non-hydrogen) atoms. The van der Waals surface area contributed by atoms with Crippen molar-refractivity contribution in [1.82, 2.24) is 5.32 Å². The lowest BCUT2D eigenvalue weighted by Crippen LogP contribution is -2.47. The monoisotopic (exact) mass is 165 g/mol. The summed E-state index contributed by atoms with van der Waals surface area (Å²) in [5, 5.41) is 2.94. The molecule has 1 aliphatic rings. The van der Waals surface area contributed by atoms with E-state index in [2.05, 4.69) is 5.32 Å². The SMILES string of the molecule is CNC1(C)Oc2ccccc2O1. The van der Waals surface area contributed by atoms with Gasteiger partial charge in [-0.15, -0.1) is 0 Å². The Balaban J connectivity index is 2.33. The minimum atomic E-state index is -0.705. The second-order valence-corrected chi connectivity index (χ2v) is 2.85. The third-order valence-corrected chi connectivity index (χ3v) is 1.91. The van der Waals surface area contributed by atoms with E-state index >= 15 is 0 Å². The highest BCUT2D eigenvalue weighted by molar-refractivity contribution is 5.42. The van der Waals surface area contributed by atoms with Gasteiger partial charge in [-0.1, -0.05) is 12.1 Å². The summed E-state index contributed by atoms with van der Waals surface area (Å²) < 4.78 is 11.0. The van der Waals surface area contributed by atoms with Crippen molar-refractivity contribution in [3.8, 4) is 11.5 Å². The summed E-state index contributed by atoms with van der Waals surface area (Å²) in [5.41, 5.74) is 0. The Labute approximate surface area is 71.3 Å². The number of ether oxygens (including phenoxy) is 2. The minimum Gasteiger partial charge on any atom is -0.436 e. The predicted molar refractivity (Wildman–Crippen MR) is 45.2 cm³/mol. The highest BCUT2D eigenvalue weighted by Crippen LogP contribution is 2.37. The largest absolute Gasteiger partial charge is 0.436 e. The normalized spacial score (nSPS) is 17.8. The predicted octanol–water partition coefficient (Wildman–Crippen LogP) is 1.35. The molecule has 1 N–H and O–H groups in total. The van der Waals surface area contributed by atoms with Gasteiger partial charge >= 0.3 is 5.91 Å². The number of para-hydroxylation sites is 2. The molecule has 0 radical (unpaired) electrons. The van der Waals surface area contributed by atoms with Crippen LogP contribution in [-0.4, -0.2) is 13.0 Å². The molecule has 1 aliphatic heterocycles. The molecule has 0 fully saturated rings. The second kappa shape index (κ2) is 2.38. The number of hydrogen-bond acceptors (Lipinski definition) is 3. The lowest BCUT2D eigenvalue weighted by molar-refractivity contribution is -0.0850. The van der Waals surface area contributed by atoms with Gasteiger partial charge in [-0.05, 0) is 19.2 Å². The van der Waals surface area contributed by atoms with Crippen molar-refractivity contribution in [2.75, 3.05) is 7.05 Å². The van der Waals surface area contributed by atoms with E-state index in [0.29, 0.717) is 0 Å². The second-order valence-electron chi connectivity index (χ2n) is 2.85. The van der Waals surface area contributed by atoms with Gasteiger partial charge in [-0.25, -0.2) is 5.32 Å². The third-order valence-electron chi connectivity index (χ3n) is 1.91. The first-order valence-electron chi connectivity index (χ1n) is 3.89. The fraction of sp³-hybridized carbons (Fsp3) is 0.333. The van der Waals surface area contributed by atoms with Gasteiger partial charge in [0, 0.05) is 6.92 Å². The summed E-state index contributed by atoms with van der Waals surface area (Å²) in [6.07, 6.45) is 0. The fourth-order valence-corrected chi connectivity index (χ4v) is 1.16. The maximum Gasteiger partial charge on any atom is 0.310 e. The Morgan fingerprint density at radius 3 is 2.08 bits per heavy atom. The Morgan fingerprint density at radius 2 is 1.67 bits per heavy atom. The lowest BCUT2D eigenvalue weighted by Gasteiger charge is -2.21. The zero-order valence-electron chi connectivity index (χ0n) is 7.13. The smallest absolute Gasteiger partial charge is 0.310 e. The molecule has 0 atom stereocenters. The zero-order chi connectivity index (χ0) is 8.60. The number of fused-ring (bicyclic) bond motifs is 1. The van der Waals surface area contributed by atoms with Crippen molar-refractivity contribution >= 4 is 0 Å². The summed E-state index contributed by atoms with van der Waals surface area (Å²) in [7, 11) is 1.80. The molecule has 1 heterocycles. The minimum absolute atomic E-state index is 0.705. The molecule has 0 unspecified atom stereocenters. The number of rotatable bonds is 1. The van der Waals surface area contributed by atoms with Crippen molar-refractivity contribution in [3.05, 3.63) is 24.3 Å². The van der Waals surface area contributed by atoms with Gasteiger partial charge in [0.2, 0.25) is 0 Å². The molecule has 1 aromatic rings. The van der Waals surface area contributed by atoms with E-state index in [0.717, 1.165) is 11.5 Å². The molecule has 0 bridgehead atoms. The van der Waals surface area contributed by atoms with E-state index in [1.165, 1.54) is 0 Å². The topological polar surface area (TPSA) is 30.5 Å². The van der Waals surface area contributed by atoms with Crippen LogP contribution in [0.15, 0.2) is 24.3 Å². The first-order valence-corrected chi connectivity index (χ1v) is 3.89. The summed E-state index contributed by atoms with van der Waals surface area (Å²) in [5.74, 6) is 0.868. The molecule has 64 valence electrons. The van der Waals surface area contributed by atoms with Gasteiger partial charge < -0.3 is 9.47 Å². The molecule has 0 amide bonds. The van der Waals surface area contributed by atoms with Crippen LogP contribution in [0.25, 0.3) is 0 Å². The van der Waals surface area contributed by atoms with E-state index in [4.69, 9.17) is 9.47 Å². The average Bonchev–Trinajstić information content (AvgIpc) is 2.42. The van der Waals surface area contributed by atoms with Crippen LogP contribution in [0.1, 0.15) is 6.92 Å². The molecule has 0 saturated heterocycles. The average molecular weight is 165 g/mol. The van der Waals surface area contributed by atoms with Crippen LogP contribution < -0.4 is 14.8 Å². The van der Waals surface area contributed by atoms with E-state index in [1.54, 1.807) is 7.05 Å². The van der Waals surface area contributed by atoms with Gasteiger partial charge in [0.25, 0.3) is 0 Å². The van der Waals surface area contributed by atoms with Crippen molar-refractivity contribution < 1.29 is 9.47 Å². The molecule has 0 spiro atoms. The molecule has 0 aromatic heterocycles. The lowest BCUT2D eigenvalue weighted by atomic mass is 10.3. The first-order chi connectivity index (χ1) is 5.73. The van der Waals surface area contributed by atoms with Crippen LogP contribution in [0.5, 0.6) is 11.5 Å². The van der Waals surface area contributed by atoms with E-state index < -0.39 is 5.91 Å². The van der Waals surface area contributed by atoms with E-state index in [-0.39, 0.29) is 0 Å². The Kier molecular flexibility index (Phi) is 1.48. The maximum atomic E-state index is 5.51. The highest BCUT2D eigenvalue weighted by atomic mass is 16.8. The van der Waals surface area contributed by atoms with E-state index in [1.807, 2.05) is 31.2 Å². The highest BCUT2D eigenvalue weighted by Gasteiger charge is 2.34. The van der Waals surface area contributed by atoms with Crippen LogP contribution in [0, 0.1) is 0 Å². The van der Waals surface area contributed by atoms with Crippen LogP contribution in [-0.2, 0) is 0 Å². The van der Waals surface area contributed by atoms with Crippen molar-refractivity contribution in [3.63, 3.8) is 0 Å².